The molecule has 6 atom stereocenters. The summed E-state index contributed by atoms with van der Waals surface area (Å²) in [6.07, 6.45) is -4.56. The first-order valence-corrected chi connectivity index (χ1v) is 15.1. The van der Waals surface area contributed by atoms with Crippen molar-refractivity contribution < 1.29 is 46.7 Å². The van der Waals surface area contributed by atoms with Crippen molar-refractivity contribution in [1.29, 1.82) is 0 Å². The quantitative estimate of drug-likeness (QED) is 0.197. The molecule has 0 spiro atoms. The van der Waals surface area contributed by atoms with Crippen LogP contribution in [0.2, 0.25) is 0 Å². The number of alkyl halides is 3. The van der Waals surface area contributed by atoms with Crippen LogP contribution in [0.15, 0.2) is 0 Å². The molecule has 0 aromatic rings. The molecule has 1 unspecified atom stereocenters. The van der Waals surface area contributed by atoms with Gasteiger partial charge in [0.05, 0.1) is 12.5 Å². The van der Waals surface area contributed by atoms with Crippen LogP contribution in [0, 0.1) is 28.6 Å². The molecule has 254 valence electrons. The van der Waals surface area contributed by atoms with Gasteiger partial charge in [0.2, 0.25) is 17.6 Å². The second-order valence-corrected chi connectivity index (χ2v) is 15.2. The lowest BCUT2D eigenvalue weighted by Gasteiger charge is -2.38. The lowest BCUT2D eigenvalue weighted by Crippen LogP contribution is -2.62. The smallest absolute Gasteiger partial charge is 0.391 e. The lowest BCUT2D eigenvalue weighted by atomic mass is 9.85. The number of fused-ring (bicyclic) bond motifs is 1. The van der Waals surface area contributed by atoms with Crippen LogP contribution in [0.4, 0.5) is 18.0 Å². The molecule has 1 heterocycles. The molecule has 2 aliphatic carbocycles. The minimum absolute atomic E-state index is 0.0660. The number of ether oxygens (including phenoxy) is 1. The van der Waals surface area contributed by atoms with Crippen molar-refractivity contribution in [2.75, 3.05) is 6.54 Å². The van der Waals surface area contributed by atoms with Gasteiger partial charge in [0.15, 0.2) is 0 Å². The maximum Gasteiger partial charge on any atom is 0.391 e. The lowest BCUT2D eigenvalue weighted by molar-refractivity contribution is -0.170. The molecule has 5 N–H and O–H groups in total. The Kier molecular flexibility index (Phi) is 9.96. The average Bonchev–Trinajstić information content (AvgIpc) is 3.70. The van der Waals surface area contributed by atoms with E-state index in [1.54, 1.807) is 20.8 Å². The van der Waals surface area contributed by atoms with Gasteiger partial charge in [-0.05, 0) is 55.8 Å². The third kappa shape index (κ3) is 9.09. The number of hydrogen-bond acceptors (Lipinski definition) is 7. The van der Waals surface area contributed by atoms with Crippen LogP contribution in [0.1, 0.15) is 81.1 Å². The van der Waals surface area contributed by atoms with E-state index in [0.29, 0.717) is 0 Å². The number of urea groups is 1. The van der Waals surface area contributed by atoms with Gasteiger partial charge in [0.25, 0.3) is 5.91 Å². The Morgan fingerprint density at radius 1 is 0.933 bits per heavy atom. The zero-order valence-corrected chi connectivity index (χ0v) is 27.1. The molecule has 5 amide bonds. The number of carbonyl (C=O) groups is 6. The number of halogens is 3. The van der Waals surface area contributed by atoms with Crippen LogP contribution in [-0.2, 0) is 28.7 Å². The van der Waals surface area contributed by atoms with Crippen molar-refractivity contribution in [2.45, 2.75) is 117 Å². The number of ketones is 1. The summed E-state index contributed by atoms with van der Waals surface area (Å²) in [5, 5.41) is 7.08. The zero-order valence-electron chi connectivity index (χ0n) is 27.1. The van der Waals surface area contributed by atoms with Gasteiger partial charge in [0.1, 0.15) is 23.7 Å². The molecular weight excluding hydrogens is 599 g/mol. The maximum atomic E-state index is 14.1. The van der Waals surface area contributed by atoms with E-state index >= 15 is 0 Å². The van der Waals surface area contributed by atoms with Crippen LogP contribution >= 0.6 is 0 Å². The average molecular weight is 646 g/mol. The van der Waals surface area contributed by atoms with E-state index in [2.05, 4.69) is 10.6 Å². The standard InChI is InChI=1S/C30H46F3N5O7/c1-27(2,3)21(37-26(44)36-17(12-30(31,32)33)25(43)45-28(4,5)6)24(42)38-13-15-18(29(15,7)8)19(38)23(41)35-16(11-14-9-10-14)20(39)22(34)40/h14-19,21H,9-13H2,1-8H3,(H2,34,40)(H,35,41)(H2,36,37,44)/t15-,16?,17-,18-,19-,21+/m0/s1. The van der Waals surface area contributed by atoms with Crippen molar-refractivity contribution in [1.82, 2.24) is 20.9 Å². The number of hydrogen-bond donors (Lipinski definition) is 4. The fourth-order valence-electron chi connectivity index (χ4n) is 6.10. The Labute approximate surface area is 261 Å². The predicted molar refractivity (Wildman–Crippen MR) is 155 cm³/mol. The number of carbonyl (C=O) groups excluding carboxylic acids is 6. The minimum atomic E-state index is -4.81. The number of esters is 1. The highest BCUT2D eigenvalue weighted by Crippen LogP contribution is 2.65. The summed E-state index contributed by atoms with van der Waals surface area (Å²) in [5.74, 6) is -4.86. The third-order valence-electron chi connectivity index (χ3n) is 8.72. The zero-order chi connectivity index (χ0) is 34.4. The van der Waals surface area contributed by atoms with E-state index in [0.717, 1.165) is 12.8 Å². The molecule has 0 radical (unpaired) electrons. The van der Waals surface area contributed by atoms with Crippen LogP contribution in [-0.4, -0.2) is 82.9 Å². The molecule has 3 rings (SSSR count). The summed E-state index contributed by atoms with van der Waals surface area (Å²) in [7, 11) is 0. The SMILES string of the molecule is CC(C)(C)OC(=O)[C@H](CC(F)(F)F)NC(=O)N[C@H](C(=O)N1C[C@H]2[C@@H]([C@H]1C(=O)NC(CC1CC1)C(=O)C(N)=O)C2(C)C)C(C)(C)C. The number of nitrogens with one attached hydrogen (secondary N) is 3. The van der Waals surface area contributed by atoms with Crippen molar-refractivity contribution in [3.63, 3.8) is 0 Å². The monoisotopic (exact) mass is 645 g/mol. The number of primary amides is 1. The van der Waals surface area contributed by atoms with Gasteiger partial charge in [-0.15, -0.1) is 0 Å². The molecule has 0 aromatic carbocycles. The Morgan fingerprint density at radius 2 is 1.51 bits per heavy atom. The fraction of sp³-hybridized carbons (Fsp3) is 0.800. The van der Waals surface area contributed by atoms with Gasteiger partial charge in [-0.3, -0.25) is 19.2 Å². The highest BCUT2D eigenvalue weighted by Gasteiger charge is 2.70. The number of rotatable bonds is 11. The fourth-order valence-corrected chi connectivity index (χ4v) is 6.10. The molecule has 3 aliphatic rings. The van der Waals surface area contributed by atoms with Crippen LogP contribution in [0.25, 0.3) is 0 Å². The summed E-state index contributed by atoms with van der Waals surface area (Å²) >= 11 is 0. The summed E-state index contributed by atoms with van der Waals surface area (Å²) in [5.41, 5.74) is 2.81. The molecule has 1 aliphatic heterocycles. The van der Waals surface area contributed by atoms with E-state index in [1.807, 2.05) is 19.2 Å². The van der Waals surface area contributed by atoms with E-state index in [-0.39, 0.29) is 36.1 Å². The molecule has 45 heavy (non-hydrogen) atoms. The van der Waals surface area contributed by atoms with Crippen LogP contribution < -0.4 is 21.7 Å². The number of likely N-dealkylation sites (tertiary alicyclic amines) is 1. The molecule has 0 aromatic heterocycles. The number of nitrogens with zero attached hydrogens (tertiary/aromatic N) is 1. The number of nitrogens with two attached hydrogens (primary N) is 1. The van der Waals surface area contributed by atoms with Crippen LogP contribution in [0.3, 0.4) is 0 Å². The Morgan fingerprint density at radius 3 is 1.98 bits per heavy atom. The number of piperidine rings is 1. The summed E-state index contributed by atoms with van der Waals surface area (Å²) < 4.78 is 44.9. The number of Topliss-reactive ketones (excluding diaryl/α,β-unsaturated/α-hetero) is 1. The van der Waals surface area contributed by atoms with Gasteiger partial charge in [0, 0.05) is 6.54 Å². The molecular formula is C30H46F3N5O7. The molecule has 0 bridgehead atoms. The van der Waals surface area contributed by atoms with E-state index in [9.17, 15) is 41.9 Å². The van der Waals surface area contributed by atoms with E-state index in [4.69, 9.17) is 10.5 Å². The van der Waals surface area contributed by atoms with Crippen molar-refractivity contribution in [2.24, 2.45) is 34.3 Å². The van der Waals surface area contributed by atoms with Gasteiger partial charge in [-0.2, -0.15) is 13.2 Å². The summed E-state index contributed by atoms with van der Waals surface area (Å²) in [4.78, 5) is 78.9. The summed E-state index contributed by atoms with van der Waals surface area (Å²) in [6.45, 7) is 13.4. The Hall–Kier alpha value is -3.39. The second kappa shape index (κ2) is 12.4. The van der Waals surface area contributed by atoms with Crippen LogP contribution in [0.5, 0.6) is 0 Å². The van der Waals surface area contributed by atoms with Crippen molar-refractivity contribution in [3.05, 3.63) is 0 Å². The van der Waals surface area contributed by atoms with E-state index in [1.165, 1.54) is 25.7 Å². The molecule has 1 saturated heterocycles. The van der Waals surface area contributed by atoms with Gasteiger partial charge >= 0.3 is 18.2 Å². The number of amides is 5. The molecule has 12 nitrogen and oxygen atoms in total. The van der Waals surface area contributed by atoms with Gasteiger partial charge in [-0.1, -0.05) is 47.5 Å². The third-order valence-corrected chi connectivity index (χ3v) is 8.72. The first-order chi connectivity index (χ1) is 20.3. The van der Waals surface area contributed by atoms with Crippen molar-refractivity contribution >= 4 is 35.5 Å². The minimum Gasteiger partial charge on any atom is -0.458 e. The molecule has 2 saturated carbocycles. The van der Waals surface area contributed by atoms with Gasteiger partial charge in [-0.25, -0.2) is 9.59 Å². The topological polar surface area (TPSA) is 177 Å². The van der Waals surface area contributed by atoms with Crippen molar-refractivity contribution in [3.8, 4) is 0 Å². The summed E-state index contributed by atoms with van der Waals surface area (Å²) in [6, 6.07) is -6.78. The first kappa shape index (κ1) is 36.1. The Bertz CT molecular complexity index is 1220. The maximum absolute atomic E-state index is 14.1. The van der Waals surface area contributed by atoms with Gasteiger partial charge < -0.3 is 31.3 Å². The molecule has 15 heteroatoms. The second-order valence-electron chi connectivity index (χ2n) is 15.2. The normalized spacial score (nSPS) is 24.4. The van der Waals surface area contributed by atoms with E-state index < -0.39 is 83.3 Å². The highest BCUT2D eigenvalue weighted by molar-refractivity contribution is 6.37. The highest BCUT2D eigenvalue weighted by atomic mass is 19.4. The Balaban J connectivity index is 1.83. The largest absolute Gasteiger partial charge is 0.458 e. The molecule has 3 fully saturated rings. The predicted octanol–water partition coefficient (Wildman–Crippen LogP) is 2.19. The first-order valence-electron chi connectivity index (χ1n) is 15.1.